The van der Waals surface area contributed by atoms with Gasteiger partial charge in [0.2, 0.25) is 13.1 Å². The van der Waals surface area contributed by atoms with Crippen molar-refractivity contribution in [1.82, 2.24) is 0 Å². The Morgan fingerprint density at radius 1 is 0.464 bits per heavy atom. The number of hydrogen-bond acceptors (Lipinski definition) is 5. The molecule has 0 aromatic heterocycles. The minimum atomic E-state index is -0.231. The van der Waals surface area contributed by atoms with E-state index in [1.807, 2.05) is 0 Å². The fraction of sp³-hybridized carbons (Fsp3) is 1.00. The number of rotatable bonds is 22. The summed E-state index contributed by atoms with van der Waals surface area (Å²) in [7, 11) is 0. The van der Waals surface area contributed by atoms with Gasteiger partial charge in [-0.05, 0) is 25.7 Å². The van der Waals surface area contributed by atoms with Crippen LogP contribution in [-0.4, -0.2) is 87.5 Å². The predicted molar refractivity (Wildman–Crippen MR) is 114 cm³/mol. The quantitative estimate of drug-likeness (QED) is 0.0995. The van der Waals surface area contributed by atoms with E-state index in [0.717, 1.165) is 51.7 Å². The standard InChI is InChI=1S/C20H40N2O5.K/c23-21(24)17-13-9-5-1-3-7-11-15-19-27-20-16-12-8-4-2-6-10-14-18-22(25)26;/h1-20H2;. The largest absolute Gasteiger partial charge is 0.381 e. The van der Waals surface area contributed by atoms with Crippen molar-refractivity contribution in [2.45, 2.75) is 103 Å². The van der Waals surface area contributed by atoms with Gasteiger partial charge in [0.25, 0.3) is 0 Å². The Bertz CT molecular complexity index is 327. The number of nitrogens with zero attached hydrogens (tertiary/aromatic N) is 2. The Balaban J connectivity index is 0. The van der Waals surface area contributed by atoms with E-state index in [2.05, 4.69) is 0 Å². The summed E-state index contributed by atoms with van der Waals surface area (Å²) in [6.45, 7) is 1.95. The summed E-state index contributed by atoms with van der Waals surface area (Å²) in [6, 6.07) is 0. The zero-order valence-corrected chi connectivity index (χ0v) is 21.2. The molecule has 0 aliphatic heterocycles. The van der Waals surface area contributed by atoms with Crippen LogP contribution in [0.1, 0.15) is 103 Å². The number of ether oxygens (including phenoxy) is 1. The fourth-order valence-electron chi connectivity index (χ4n) is 3.11. The van der Waals surface area contributed by atoms with Crippen LogP contribution in [0.3, 0.4) is 0 Å². The molecule has 0 aliphatic carbocycles. The van der Waals surface area contributed by atoms with E-state index in [4.69, 9.17) is 4.74 Å². The van der Waals surface area contributed by atoms with Gasteiger partial charge in [-0.3, -0.25) is 20.2 Å². The van der Waals surface area contributed by atoms with Crippen molar-refractivity contribution in [3.8, 4) is 0 Å². The number of unbranched alkanes of at least 4 members (excludes halogenated alkanes) is 14. The van der Waals surface area contributed by atoms with E-state index < -0.39 is 0 Å². The van der Waals surface area contributed by atoms with E-state index in [1.165, 1.54) is 51.4 Å². The van der Waals surface area contributed by atoms with Crippen LogP contribution >= 0.6 is 0 Å². The molecule has 0 saturated heterocycles. The molecule has 0 aromatic carbocycles. The molecule has 28 heavy (non-hydrogen) atoms. The van der Waals surface area contributed by atoms with Gasteiger partial charge in [-0.2, -0.15) is 0 Å². The van der Waals surface area contributed by atoms with Crippen molar-refractivity contribution in [3.05, 3.63) is 20.2 Å². The van der Waals surface area contributed by atoms with Crippen LogP contribution in [0.5, 0.6) is 0 Å². The topological polar surface area (TPSA) is 95.5 Å². The van der Waals surface area contributed by atoms with Gasteiger partial charge >= 0.3 is 0 Å². The second-order valence-electron chi connectivity index (χ2n) is 7.38. The summed E-state index contributed by atoms with van der Waals surface area (Å²) in [4.78, 5) is 19.9. The van der Waals surface area contributed by atoms with Crippen LogP contribution in [0, 0.1) is 20.2 Å². The molecular weight excluding hydrogens is 387 g/mol. The minimum absolute atomic E-state index is 0. The summed E-state index contributed by atoms with van der Waals surface area (Å²) in [5, 5.41) is 20.4. The van der Waals surface area contributed by atoms with Crippen LogP contribution < -0.4 is 0 Å². The Labute approximate surface area is 213 Å². The molecule has 8 heteroatoms. The van der Waals surface area contributed by atoms with Gasteiger partial charge in [0.05, 0.1) is 0 Å². The van der Waals surface area contributed by atoms with Crippen molar-refractivity contribution < 1.29 is 14.6 Å². The molecule has 0 aliphatic rings. The number of hydrogen-bond donors (Lipinski definition) is 0. The first-order valence-electron chi connectivity index (χ1n) is 10.9. The van der Waals surface area contributed by atoms with Crippen LogP contribution in [0.4, 0.5) is 0 Å². The molecule has 0 aromatic rings. The first-order valence-corrected chi connectivity index (χ1v) is 10.9. The van der Waals surface area contributed by atoms with Crippen molar-refractivity contribution in [3.63, 3.8) is 0 Å². The normalized spacial score (nSPS) is 10.6. The van der Waals surface area contributed by atoms with E-state index in [9.17, 15) is 20.2 Å². The maximum Gasteiger partial charge on any atom is 0.203 e. The van der Waals surface area contributed by atoms with Crippen molar-refractivity contribution in [2.24, 2.45) is 0 Å². The van der Waals surface area contributed by atoms with Gasteiger partial charge in [0.1, 0.15) is 0 Å². The van der Waals surface area contributed by atoms with Crippen LogP contribution in [0.25, 0.3) is 0 Å². The fourth-order valence-corrected chi connectivity index (χ4v) is 3.11. The van der Waals surface area contributed by atoms with E-state index in [1.54, 1.807) is 0 Å². The summed E-state index contributed by atoms with van der Waals surface area (Å²) in [5.74, 6) is 0. The Morgan fingerprint density at radius 3 is 1.00 bits per heavy atom. The van der Waals surface area contributed by atoms with Crippen LogP contribution in [0.15, 0.2) is 0 Å². The molecule has 161 valence electrons. The zero-order valence-electron chi connectivity index (χ0n) is 18.1. The summed E-state index contributed by atoms with van der Waals surface area (Å²) >= 11 is 0. The van der Waals surface area contributed by atoms with Crippen molar-refractivity contribution in [1.29, 1.82) is 0 Å². The smallest absolute Gasteiger partial charge is 0.203 e. The predicted octanol–water partition coefficient (Wildman–Crippen LogP) is 5.42. The van der Waals surface area contributed by atoms with Gasteiger partial charge < -0.3 is 4.74 Å². The monoisotopic (exact) mass is 427 g/mol. The maximum atomic E-state index is 10.2. The average Bonchev–Trinajstić information content (AvgIpc) is 2.62. The average molecular weight is 428 g/mol. The number of nitro groups is 2. The molecule has 7 nitrogen and oxygen atoms in total. The second-order valence-corrected chi connectivity index (χ2v) is 7.38. The maximum absolute atomic E-state index is 10.2. The molecule has 0 amide bonds. The third-order valence-electron chi connectivity index (χ3n) is 4.76. The molecule has 0 N–H and O–H groups in total. The molecule has 0 heterocycles. The van der Waals surface area contributed by atoms with Gasteiger partial charge in [0, 0.05) is 87.3 Å². The van der Waals surface area contributed by atoms with Crippen LogP contribution in [0.2, 0.25) is 0 Å². The van der Waals surface area contributed by atoms with Gasteiger partial charge in [-0.25, -0.2) is 0 Å². The van der Waals surface area contributed by atoms with E-state index >= 15 is 0 Å². The van der Waals surface area contributed by atoms with Gasteiger partial charge in [0.15, 0.2) is 0 Å². The Hall–Kier alpha value is 0.396. The summed E-state index contributed by atoms with van der Waals surface area (Å²) in [5.41, 5.74) is 0. The first-order chi connectivity index (χ1) is 13.1. The van der Waals surface area contributed by atoms with E-state index in [-0.39, 0.29) is 74.3 Å². The van der Waals surface area contributed by atoms with Crippen molar-refractivity contribution in [2.75, 3.05) is 26.3 Å². The molecule has 0 bridgehead atoms. The molecule has 0 unspecified atom stereocenters. The molecular formula is C20H40KN2O5. The Kier molecular flexibility index (Phi) is 27.8. The Morgan fingerprint density at radius 2 is 0.714 bits per heavy atom. The second kappa shape index (κ2) is 25.4. The molecule has 0 rings (SSSR count). The SMILES string of the molecule is O=[N+]([O-])CCCCCCCCCCOCCCCCCCCCC[N+](=O)[O-].[K]. The molecule has 0 saturated carbocycles. The molecule has 0 spiro atoms. The third kappa shape index (κ3) is 28.6. The summed E-state index contributed by atoms with van der Waals surface area (Å²) in [6.07, 6.45) is 17.6. The van der Waals surface area contributed by atoms with Crippen molar-refractivity contribution >= 4 is 51.4 Å². The molecule has 0 atom stereocenters. The molecule has 1 radical (unpaired) electrons. The van der Waals surface area contributed by atoms with E-state index in [0.29, 0.717) is 12.8 Å². The first kappa shape index (κ1) is 30.6. The van der Waals surface area contributed by atoms with Crippen LogP contribution in [-0.2, 0) is 4.74 Å². The van der Waals surface area contributed by atoms with Gasteiger partial charge in [-0.1, -0.05) is 64.2 Å². The zero-order chi connectivity index (χ0) is 20.0. The summed E-state index contributed by atoms with van der Waals surface area (Å²) < 4.78 is 5.67. The van der Waals surface area contributed by atoms with Gasteiger partial charge in [-0.15, -0.1) is 0 Å². The minimum Gasteiger partial charge on any atom is -0.381 e. The third-order valence-corrected chi connectivity index (χ3v) is 4.76. The molecule has 0 fully saturated rings.